The lowest BCUT2D eigenvalue weighted by Crippen LogP contribution is -2.35. The minimum atomic E-state index is -0.455. The largest absolute Gasteiger partial charge is 0.484 e. The maximum absolute atomic E-state index is 14.2. The maximum atomic E-state index is 14.2. The van der Waals surface area contributed by atoms with E-state index in [4.69, 9.17) is 13.9 Å². The Morgan fingerprint density at radius 3 is 2.61 bits per heavy atom. The van der Waals surface area contributed by atoms with Crippen molar-refractivity contribution in [1.82, 2.24) is 24.6 Å². The molecule has 1 N–H and O–H groups in total. The molecule has 38 heavy (non-hydrogen) atoms. The molecule has 0 saturated carbocycles. The molecule has 0 bridgehead atoms. The summed E-state index contributed by atoms with van der Waals surface area (Å²) in [4.78, 5) is 24.0. The number of amides is 1. The quantitative estimate of drug-likeness (QED) is 0.374. The summed E-state index contributed by atoms with van der Waals surface area (Å²) in [5.74, 6) is 1.61. The highest BCUT2D eigenvalue weighted by atomic mass is 19.1. The van der Waals surface area contributed by atoms with Crippen molar-refractivity contribution in [1.29, 1.82) is 0 Å². The van der Waals surface area contributed by atoms with Crippen LogP contribution in [0.2, 0.25) is 0 Å². The van der Waals surface area contributed by atoms with Crippen LogP contribution >= 0.6 is 0 Å². The molecule has 5 rings (SSSR count). The molecule has 11 heteroatoms. The number of aryl methyl sites for hydroxylation is 3. The van der Waals surface area contributed by atoms with Crippen molar-refractivity contribution in [2.75, 3.05) is 38.2 Å². The van der Waals surface area contributed by atoms with Gasteiger partial charge in [0.15, 0.2) is 24.0 Å². The van der Waals surface area contributed by atoms with Crippen LogP contribution in [0.1, 0.15) is 22.7 Å². The Morgan fingerprint density at radius 1 is 1.08 bits per heavy atom. The molecule has 198 valence electrons. The minimum Gasteiger partial charge on any atom is -0.484 e. The van der Waals surface area contributed by atoms with E-state index in [-0.39, 0.29) is 18.2 Å². The number of halogens is 1. The van der Waals surface area contributed by atoms with Crippen LogP contribution in [-0.4, -0.2) is 63.5 Å². The Balaban J connectivity index is 1.31. The van der Waals surface area contributed by atoms with Crippen LogP contribution < -0.4 is 10.1 Å². The van der Waals surface area contributed by atoms with Gasteiger partial charge in [-0.1, -0.05) is 0 Å². The van der Waals surface area contributed by atoms with E-state index in [1.807, 2.05) is 32.9 Å². The molecule has 3 aromatic heterocycles. The standard InChI is InChI=1S/C27H29FN6O4/c1-17-10-18(2)34(32-17)25-14-24(30-27(31-25)23-5-4-19(3)38-23)29-26(35)16-37-22-12-20(11-21(28)13-22)15-33-6-8-36-9-7-33/h4-5,10-14H,6-9,15-16H2,1-3H3,(H,29,30,31,35). The van der Waals surface area contributed by atoms with Crippen LogP contribution in [0.5, 0.6) is 5.75 Å². The summed E-state index contributed by atoms with van der Waals surface area (Å²) >= 11 is 0. The van der Waals surface area contributed by atoms with E-state index in [1.165, 1.54) is 12.1 Å². The van der Waals surface area contributed by atoms with Gasteiger partial charge in [0.25, 0.3) is 5.91 Å². The fourth-order valence-corrected chi connectivity index (χ4v) is 4.27. The molecule has 0 spiro atoms. The molecule has 0 atom stereocenters. The van der Waals surface area contributed by atoms with Gasteiger partial charge in [0.05, 0.1) is 18.9 Å². The second-order valence-electron chi connectivity index (χ2n) is 9.20. The molecule has 10 nitrogen and oxygen atoms in total. The lowest BCUT2D eigenvalue weighted by atomic mass is 10.2. The third-order valence-electron chi connectivity index (χ3n) is 5.98. The van der Waals surface area contributed by atoms with Crippen LogP contribution in [0, 0.1) is 26.6 Å². The predicted octanol–water partition coefficient (Wildman–Crippen LogP) is 3.84. The molecule has 1 amide bonds. The van der Waals surface area contributed by atoms with E-state index in [2.05, 4.69) is 25.3 Å². The van der Waals surface area contributed by atoms with Gasteiger partial charge < -0.3 is 19.2 Å². The molecule has 4 heterocycles. The molecule has 1 saturated heterocycles. The number of hydrogen-bond acceptors (Lipinski definition) is 8. The number of furan rings is 1. The fraction of sp³-hybridized carbons (Fsp3) is 0.333. The second kappa shape index (κ2) is 11.1. The molecule has 1 aromatic carbocycles. The lowest BCUT2D eigenvalue weighted by Gasteiger charge is -2.26. The number of rotatable bonds is 8. The lowest BCUT2D eigenvalue weighted by molar-refractivity contribution is -0.118. The van der Waals surface area contributed by atoms with Gasteiger partial charge in [0.2, 0.25) is 0 Å². The number of anilines is 1. The first-order valence-electron chi connectivity index (χ1n) is 12.3. The van der Waals surface area contributed by atoms with Gasteiger partial charge in [-0.15, -0.1) is 0 Å². The highest BCUT2D eigenvalue weighted by Gasteiger charge is 2.16. The van der Waals surface area contributed by atoms with E-state index in [0.717, 1.165) is 30.0 Å². The molecular weight excluding hydrogens is 491 g/mol. The summed E-state index contributed by atoms with van der Waals surface area (Å²) in [5.41, 5.74) is 2.48. The van der Waals surface area contributed by atoms with Crippen molar-refractivity contribution in [2.45, 2.75) is 27.3 Å². The van der Waals surface area contributed by atoms with Crippen molar-refractivity contribution in [2.24, 2.45) is 0 Å². The Hall–Kier alpha value is -4.09. The zero-order chi connectivity index (χ0) is 26.6. The number of ether oxygens (including phenoxy) is 2. The van der Waals surface area contributed by atoms with Crippen LogP contribution in [-0.2, 0) is 16.1 Å². The number of carbonyl (C=O) groups excluding carboxylic acids is 1. The minimum absolute atomic E-state index is 0.257. The summed E-state index contributed by atoms with van der Waals surface area (Å²) < 4.78 is 32.6. The Kier molecular flexibility index (Phi) is 7.47. The van der Waals surface area contributed by atoms with Gasteiger partial charge in [0, 0.05) is 37.5 Å². The smallest absolute Gasteiger partial charge is 0.263 e. The van der Waals surface area contributed by atoms with Crippen LogP contribution in [0.25, 0.3) is 17.4 Å². The van der Waals surface area contributed by atoms with E-state index >= 15 is 0 Å². The fourth-order valence-electron chi connectivity index (χ4n) is 4.27. The van der Waals surface area contributed by atoms with Crippen LogP contribution in [0.4, 0.5) is 10.2 Å². The van der Waals surface area contributed by atoms with E-state index in [0.29, 0.717) is 42.9 Å². The average molecular weight is 521 g/mol. The molecular formula is C27H29FN6O4. The SMILES string of the molecule is Cc1cc(C)n(-c2cc(NC(=O)COc3cc(F)cc(CN4CCOCC4)c3)nc(-c3ccc(C)o3)n2)n1. The zero-order valence-electron chi connectivity index (χ0n) is 21.5. The van der Waals surface area contributed by atoms with Gasteiger partial charge >= 0.3 is 0 Å². The molecule has 1 aliphatic heterocycles. The molecule has 0 unspecified atom stereocenters. The normalized spacial score (nSPS) is 14.0. The highest BCUT2D eigenvalue weighted by Crippen LogP contribution is 2.23. The van der Waals surface area contributed by atoms with Crippen molar-refractivity contribution < 1.29 is 23.1 Å². The van der Waals surface area contributed by atoms with Crippen molar-refractivity contribution in [3.8, 4) is 23.2 Å². The Bertz CT molecular complexity index is 1440. The second-order valence-corrected chi connectivity index (χ2v) is 9.20. The van der Waals surface area contributed by atoms with E-state index in [9.17, 15) is 9.18 Å². The maximum Gasteiger partial charge on any atom is 0.263 e. The van der Waals surface area contributed by atoms with Crippen molar-refractivity contribution >= 4 is 11.7 Å². The summed E-state index contributed by atoms with van der Waals surface area (Å²) in [5, 5.41) is 7.23. The summed E-state index contributed by atoms with van der Waals surface area (Å²) in [7, 11) is 0. The molecule has 1 aliphatic rings. The Labute approximate surface area is 219 Å². The number of morpholine rings is 1. The zero-order valence-corrected chi connectivity index (χ0v) is 21.5. The van der Waals surface area contributed by atoms with Gasteiger partial charge in [-0.2, -0.15) is 5.10 Å². The van der Waals surface area contributed by atoms with Crippen LogP contribution in [0.3, 0.4) is 0 Å². The first-order chi connectivity index (χ1) is 18.3. The molecule has 1 fully saturated rings. The summed E-state index contributed by atoms with van der Waals surface area (Å²) in [6.45, 7) is 8.77. The average Bonchev–Trinajstić information content (AvgIpc) is 3.47. The molecule has 0 radical (unpaired) electrons. The van der Waals surface area contributed by atoms with Gasteiger partial charge in [-0.3, -0.25) is 9.69 Å². The van der Waals surface area contributed by atoms with Crippen LogP contribution in [0.15, 0.2) is 46.9 Å². The highest BCUT2D eigenvalue weighted by molar-refractivity contribution is 5.91. The van der Waals surface area contributed by atoms with E-state index in [1.54, 1.807) is 22.9 Å². The number of benzene rings is 1. The third kappa shape index (κ3) is 6.24. The monoisotopic (exact) mass is 520 g/mol. The number of nitrogens with one attached hydrogen (secondary N) is 1. The molecule has 4 aromatic rings. The van der Waals surface area contributed by atoms with Gasteiger partial charge in [-0.25, -0.2) is 19.0 Å². The first kappa shape index (κ1) is 25.6. The van der Waals surface area contributed by atoms with Gasteiger partial charge in [0.1, 0.15) is 23.1 Å². The molecule has 0 aliphatic carbocycles. The number of nitrogens with zero attached hydrogens (tertiary/aromatic N) is 5. The van der Waals surface area contributed by atoms with Gasteiger partial charge in [-0.05, 0) is 56.7 Å². The topological polar surface area (TPSA) is 108 Å². The predicted molar refractivity (Wildman–Crippen MR) is 138 cm³/mol. The van der Waals surface area contributed by atoms with E-state index < -0.39 is 11.7 Å². The third-order valence-corrected chi connectivity index (χ3v) is 5.98. The van der Waals surface area contributed by atoms with Crippen molar-refractivity contribution in [3.63, 3.8) is 0 Å². The van der Waals surface area contributed by atoms with Crippen molar-refractivity contribution in [3.05, 3.63) is 71.0 Å². The summed E-state index contributed by atoms with van der Waals surface area (Å²) in [6, 6.07) is 11.6. The number of hydrogen-bond donors (Lipinski definition) is 1. The number of carbonyl (C=O) groups is 1. The summed E-state index contributed by atoms with van der Waals surface area (Å²) in [6.07, 6.45) is 0. The Morgan fingerprint density at radius 2 is 1.89 bits per heavy atom. The first-order valence-corrected chi connectivity index (χ1v) is 12.3. The number of aromatic nitrogens is 4.